The third-order valence-corrected chi connectivity index (χ3v) is 4.17. The smallest absolute Gasteiger partial charge is 0.321 e. The molecule has 4 heteroatoms. The molecule has 106 valence electrons. The van der Waals surface area contributed by atoms with E-state index >= 15 is 0 Å². The third kappa shape index (κ3) is 3.12. The summed E-state index contributed by atoms with van der Waals surface area (Å²) < 4.78 is 1.00. The van der Waals surface area contributed by atoms with Gasteiger partial charge in [0.1, 0.15) is 0 Å². The SMILES string of the molecule is C=CCC1(CC=C)CNC(=O)N(c2ccc(Br)cc2)C1. The summed E-state index contributed by atoms with van der Waals surface area (Å²) in [7, 11) is 0. The number of amides is 2. The van der Waals surface area contributed by atoms with Gasteiger partial charge in [0.05, 0.1) is 0 Å². The fraction of sp³-hybridized carbons (Fsp3) is 0.312. The molecule has 0 bridgehead atoms. The molecule has 3 nitrogen and oxygen atoms in total. The van der Waals surface area contributed by atoms with Gasteiger partial charge in [-0.3, -0.25) is 4.90 Å². The van der Waals surface area contributed by atoms with Crippen molar-refractivity contribution < 1.29 is 4.79 Å². The molecule has 20 heavy (non-hydrogen) atoms. The predicted octanol–water partition coefficient (Wildman–Crippen LogP) is 4.12. The van der Waals surface area contributed by atoms with Gasteiger partial charge in [0, 0.05) is 28.7 Å². The largest absolute Gasteiger partial charge is 0.337 e. The zero-order valence-corrected chi connectivity index (χ0v) is 13.0. The lowest BCUT2D eigenvalue weighted by atomic mass is 9.79. The van der Waals surface area contributed by atoms with E-state index in [1.165, 1.54) is 0 Å². The highest BCUT2D eigenvalue weighted by Gasteiger charge is 2.37. The number of halogens is 1. The van der Waals surface area contributed by atoms with Crippen LogP contribution in [0.15, 0.2) is 54.0 Å². The number of nitrogens with one attached hydrogen (secondary N) is 1. The number of carbonyl (C=O) groups is 1. The molecular weight excluding hydrogens is 316 g/mol. The summed E-state index contributed by atoms with van der Waals surface area (Å²) in [6, 6.07) is 7.74. The van der Waals surface area contributed by atoms with Crippen molar-refractivity contribution in [2.75, 3.05) is 18.0 Å². The van der Waals surface area contributed by atoms with Crippen LogP contribution in [0.1, 0.15) is 12.8 Å². The molecule has 1 saturated heterocycles. The molecule has 1 fully saturated rings. The van der Waals surface area contributed by atoms with Gasteiger partial charge in [-0.15, -0.1) is 13.2 Å². The van der Waals surface area contributed by atoms with E-state index in [4.69, 9.17) is 0 Å². The van der Waals surface area contributed by atoms with Gasteiger partial charge in [0.2, 0.25) is 0 Å². The van der Waals surface area contributed by atoms with E-state index in [1.54, 1.807) is 4.90 Å². The molecule has 0 unspecified atom stereocenters. The lowest BCUT2D eigenvalue weighted by Crippen LogP contribution is -2.56. The summed E-state index contributed by atoms with van der Waals surface area (Å²) in [5.41, 5.74) is 0.882. The van der Waals surface area contributed by atoms with Crippen LogP contribution in [-0.4, -0.2) is 19.1 Å². The van der Waals surface area contributed by atoms with Crippen molar-refractivity contribution >= 4 is 27.6 Å². The Labute approximate surface area is 128 Å². The molecule has 0 saturated carbocycles. The van der Waals surface area contributed by atoms with Crippen molar-refractivity contribution in [2.24, 2.45) is 5.41 Å². The van der Waals surface area contributed by atoms with E-state index in [2.05, 4.69) is 34.4 Å². The molecule has 2 amide bonds. The molecule has 0 atom stereocenters. The number of hydrogen-bond donors (Lipinski definition) is 1. The van der Waals surface area contributed by atoms with Crippen molar-refractivity contribution in [1.29, 1.82) is 0 Å². The number of hydrogen-bond acceptors (Lipinski definition) is 1. The highest BCUT2D eigenvalue weighted by molar-refractivity contribution is 9.10. The minimum absolute atomic E-state index is 0.0233. The second-order valence-electron chi connectivity index (χ2n) is 5.21. The molecule has 1 heterocycles. The molecule has 0 aromatic heterocycles. The fourth-order valence-corrected chi connectivity index (χ4v) is 2.88. The molecule has 1 aromatic rings. The highest BCUT2D eigenvalue weighted by Crippen LogP contribution is 2.33. The summed E-state index contributed by atoms with van der Waals surface area (Å²) in [6.45, 7) is 9.02. The predicted molar refractivity (Wildman–Crippen MR) is 86.9 cm³/mol. The monoisotopic (exact) mass is 334 g/mol. The van der Waals surface area contributed by atoms with Gasteiger partial charge in [-0.1, -0.05) is 28.1 Å². The average molecular weight is 335 g/mol. The van der Waals surface area contributed by atoms with Crippen LogP contribution >= 0.6 is 15.9 Å². The van der Waals surface area contributed by atoms with Gasteiger partial charge in [-0.25, -0.2) is 4.79 Å². The van der Waals surface area contributed by atoms with Crippen LogP contribution in [-0.2, 0) is 0 Å². The van der Waals surface area contributed by atoms with Crippen molar-refractivity contribution in [3.63, 3.8) is 0 Å². The van der Waals surface area contributed by atoms with Gasteiger partial charge in [0.15, 0.2) is 0 Å². The first-order valence-corrected chi connectivity index (χ1v) is 7.42. The van der Waals surface area contributed by atoms with Crippen LogP contribution in [0.2, 0.25) is 0 Å². The fourth-order valence-electron chi connectivity index (χ4n) is 2.62. The van der Waals surface area contributed by atoms with Crippen molar-refractivity contribution in [3.8, 4) is 0 Å². The average Bonchev–Trinajstić information content (AvgIpc) is 2.43. The standard InChI is InChI=1S/C16H19BrN2O/c1-3-9-16(10-4-2)11-18-15(20)19(12-16)14-7-5-13(17)6-8-14/h3-8H,1-2,9-12H2,(H,18,20). The van der Waals surface area contributed by atoms with Gasteiger partial charge in [-0.2, -0.15) is 0 Å². The number of allylic oxidation sites excluding steroid dienone is 2. The molecule has 1 aliphatic heterocycles. The Morgan fingerprint density at radius 1 is 1.25 bits per heavy atom. The van der Waals surface area contributed by atoms with Crippen LogP contribution in [0, 0.1) is 5.41 Å². The van der Waals surface area contributed by atoms with Crippen LogP contribution < -0.4 is 10.2 Å². The zero-order chi connectivity index (χ0) is 14.6. The Balaban J connectivity index is 2.27. The maximum atomic E-state index is 12.1. The molecule has 1 aromatic carbocycles. The van der Waals surface area contributed by atoms with E-state index in [0.29, 0.717) is 13.1 Å². The number of rotatable bonds is 5. The summed E-state index contributed by atoms with van der Waals surface area (Å²) in [5.74, 6) is 0. The maximum absolute atomic E-state index is 12.1. The summed E-state index contributed by atoms with van der Waals surface area (Å²) in [6.07, 6.45) is 5.54. The first-order valence-electron chi connectivity index (χ1n) is 6.63. The summed E-state index contributed by atoms with van der Waals surface area (Å²) >= 11 is 3.41. The van der Waals surface area contributed by atoms with Crippen LogP contribution in [0.5, 0.6) is 0 Å². The van der Waals surface area contributed by atoms with Crippen LogP contribution in [0.25, 0.3) is 0 Å². The molecule has 0 radical (unpaired) electrons. The van der Waals surface area contributed by atoms with Gasteiger partial charge in [-0.05, 0) is 37.1 Å². The van der Waals surface area contributed by atoms with Gasteiger partial charge in [0.25, 0.3) is 0 Å². The van der Waals surface area contributed by atoms with Gasteiger partial charge >= 0.3 is 6.03 Å². The summed E-state index contributed by atoms with van der Waals surface area (Å²) in [4.78, 5) is 13.9. The van der Waals surface area contributed by atoms with E-state index in [0.717, 1.165) is 23.0 Å². The quantitative estimate of drug-likeness (QED) is 0.807. The highest BCUT2D eigenvalue weighted by atomic mass is 79.9. The zero-order valence-electron chi connectivity index (χ0n) is 11.4. The Morgan fingerprint density at radius 3 is 2.40 bits per heavy atom. The molecule has 1 aliphatic rings. The topological polar surface area (TPSA) is 32.3 Å². The first-order chi connectivity index (χ1) is 9.60. The minimum atomic E-state index is -0.0453. The minimum Gasteiger partial charge on any atom is -0.337 e. The van der Waals surface area contributed by atoms with E-state index in [9.17, 15) is 4.79 Å². The van der Waals surface area contributed by atoms with Crippen LogP contribution in [0.3, 0.4) is 0 Å². The van der Waals surface area contributed by atoms with E-state index in [-0.39, 0.29) is 11.4 Å². The second-order valence-corrected chi connectivity index (χ2v) is 6.12. The van der Waals surface area contributed by atoms with E-state index < -0.39 is 0 Å². The van der Waals surface area contributed by atoms with E-state index in [1.807, 2.05) is 36.4 Å². The lowest BCUT2D eigenvalue weighted by Gasteiger charge is -2.42. The Morgan fingerprint density at radius 2 is 1.85 bits per heavy atom. The molecule has 0 aliphatic carbocycles. The number of carbonyl (C=O) groups excluding carboxylic acids is 1. The van der Waals surface area contributed by atoms with Crippen molar-refractivity contribution in [2.45, 2.75) is 12.8 Å². The third-order valence-electron chi connectivity index (χ3n) is 3.65. The first kappa shape index (κ1) is 14.9. The maximum Gasteiger partial charge on any atom is 0.321 e. The molecule has 2 rings (SSSR count). The normalized spacial score (nSPS) is 17.4. The number of nitrogens with zero attached hydrogens (tertiary/aromatic N) is 1. The Hall–Kier alpha value is -1.55. The number of urea groups is 1. The van der Waals surface area contributed by atoms with Crippen LogP contribution in [0.4, 0.5) is 10.5 Å². The number of anilines is 1. The lowest BCUT2D eigenvalue weighted by molar-refractivity contribution is 0.211. The Kier molecular flexibility index (Phi) is 4.65. The molecular formula is C16H19BrN2O. The van der Waals surface area contributed by atoms with Crippen molar-refractivity contribution in [3.05, 3.63) is 54.0 Å². The Bertz CT molecular complexity index is 500. The number of benzene rings is 1. The van der Waals surface area contributed by atoms with Gasteiger partial charge < -0.3 is 5.32 Å². The molecule has 1 N–H and O–H groups in total. The second kappa shape index (κ2) is 6.27. The molecule has 0 spiro atoms. The summed E-state index contributed by atoms with van der Waals surface area (Å²) in [5, 5.41) is 2.99. The van der Waals surface area contributed by atoms with Crippen molar-refractivity contribution in [1.82, 2.24) is 5.32 Å².